The Morgan fingerprint density at radius 3 is 2.36 bits per heavy atom. The third-order valence-electron chi connectivity index (χ3n) is 5.14. The summed E-state index contributed by atoms with van der Waals surface area (Å²) in [7, 11) is -3.34. The average Bonchev–Trinajstić information content (AvgIpc) is 3.22. The van der Waals surface area contributed by atoms with Gasteiger partial charge in [-0.2, -0.15) is 0 Å². The van der Waals surface area contributed by atoms with Crippen molar-refractivity contribution in [2.75, 3.05) is 10.7 Å². The predicted molar refractivity (Wildman–Crippen MR) is 125 cm³/mol. The van der Waals surface area contributed by atoms with Crippen molar-refractivity contribution in [1.82, 2.24) is 4.98 Å². The van der Waals surface area contributed by atoms with E-state index in [0.29, 0.717) is 10.3 Å². The quantitative estimate of drug-likeness (QED) is 0.363. The molecule has 3 aromatic carbocycles. The standard InChI is InChI=1S/C24H20F2N2O3S2/c1-2-33(30,31)19-10-8-16(9-11-19)12-22(29)28(15-17-6-4-3-5-7-17)24-27-23-20(26)13-18(25)14-21(23)32-24/h3-11,13-14H,2,12,15H2,1H3. The molecular formula is C24H20F2N2O3S2. The van der Waals surface area contributed by atoms with Crippen molar-refractivity contribution >= 4 is 42.4 Å². The summed E-state index contributed by atoms with van der Waals surface area (Å²) in [4.78, 5) is 19.2. The molecule has 9 heteroatoms. The van der Waals surface area contributed by atoms with Crippen LogP contribution in [0.1, 0.15) is 18.1 Å². The second-order valence-corrected chi connectivity index (χ2v) is 10.7. The van der Waals surface area contributed by atoms with Gasteiger partial charge in [0.15, 0.2) is 20.8 Å². The topological polar surface area (TPSA) is 67.3 Å². The highest BCUT2D eigenvalue weighted by atomic mass is 32.2. The van der Waals surface area contributed by atoms with Gasteiger partial charge in [-0.1, -0.05) is 60.7 Å². The number of benzene rings is 3. The van der Waals surface area contributed by atoms with E-state index in [4.69, 9.17) is 0 Å². The summed E-state index contributed by atoms with van der Waals surface area (Å²) in [6, 6.07) is 17.4. The largest absolute Gasteiger partial charge is 0.283 e. The highest BCUT2D eigenvalue weighted by Gasteiger charge is 2.22. The zero-order valence-electron chi connectivity index (χ0n) is 17.7. The Bertz CT molecular complexity index is 1400. The summed E-state index contributed by atoms with van der Waals surface area (Å²) in [5.41, 5.74) is 1.49. The van der Waals surface area contributed by atoms with E-state index in [0.717, 1.165) is 23.0 Å². The van der Waals surface area contributed by atoms with Crippen LogP contribution in [-0.2, 0) is 27.6 Å². The lowest BCUT2D eigenvalue weighted by Crippen LogP contribution is -2.31. The molecule has 0 unspecified atom stereocenters. The molecule has 1 heterocycles. The fraction of sp³-hybridized carbons (Fsp3) is 0.167. The van der Waals surface area contributed by atoms with Crippen molar-refractivity contribution in [2.24, 2.45) is 0 Å². The number of carbonyl (C=O) groups is 1. The molecule has 0 N–H and O–H groups in total. The Morgan fingerprint density at radius 1 is 1.00 bits per heavy atom. The minimum absolute atomic E-state index is 0.00788. The van der Waals surface area contributed by atoms with Gasteiger partial charge in [0.2, 0.25) is 5.91 Å². The number of sulfone groups is 1. The van der Waals surface area contributed by atoms with Crippen LogP contribution in [0.2, 0.25) is 0 Å². The molecule has 0 spiro atoms. The Morgan fingerprint density at radius 2 is 1.70 bits per heavy atom. The molecule has 4 rings (SSSR count). The predicted octanol–water partition coefficient (Wildman–Crippen LogP) is 5.14. The Balaban J connectivity index is 1.66. The van der Waals surface area contributed by atoms with Crippen LogP contribution in [0.25, 0.3) is 10.2 Å². The van der Waals surface area contributed by atoms with Gasteiger partial charge >= 0.3 is 0 Å². The van der Waals surface area contributed by atoms with Crippen LogP contribution in [0.15, 0.2) is 71.6 Å². The van der Waals surface area contributed by atoms with Crippen LogP contribution >= 0.6 is 11.3 Å². The smallest absolute Gasteiger partial charge is 0.233 e. The van der Waals surface area contributed by atoms with Gasteiger partial charge in [0.05, 0.1) is 28.3 Å². The molecule has 0 aliphatic carbocycles. The van der Waals surface area contributed by atoms with Gasteiger partial charge in [-0.3, -0.25) is 9.69 Å². The molecule has 0 radical (unpaired) electrons. The Kier molecular flexibility index (Phi) is 6.53. The molecule has 0 fully saturated rings. The number of fused-ring (bicyclic) bond motifs is 1. The third-order valence-corrected chi connectivity index (χ3v) is 7.91. The molecule has 0 aliphatic rings. The number of aromatic nitrogens is 1. The summed E-state index contributed by atoms with van der Waals surface area (Å²) in [6.07, 6.45) is -0.00788. The van der Waals surface area contributed by atoms with Crippen molar-refractivity contribution in [3.8, 4) is 0 Å². The first-order valence-electron chi connectivity index (χ1n) is 10.2. The summed E-state index contributed by atoms with van der Waals surface area (Å²) in [5, 5.41) is 0.258. The van der Waals surface area contributed by atoms with Crippen molar-refractivity contribution < 1.29 is 22.0 Å². The number of hydrogen-bond donors (Lipinski definition) is 0. The molecular weight excluding hydrogens is 466 g/mol. The number of amides is 1. The number of carbonyl (C=O) groups excluding carboxylic acids is 1. The van der Waals surface area contributed by atoms with Crippen LogP contribution in [-0.4, -0.2) is 25.1 Å². The number of rotatable bonds is 7. The first-order valence-corrected chi connectivity index (χ1v) is 12.7. The Labute approximate surface area is 194 Å². The summed E-state index contributed by atoms with van der Waals surface area (Å²) in [5.74, 6) is -1.80. The third kappa shape index (κ3) is 5.09. The SMILES string of the molecule is CCS(=O)(=O)c1ccc(CC(=O)N(Cc2ccccc2)c2nc3c(F)cc(F)cc3s2)cc1. The normalized spacial score (nSPS) is 11.6. The van der Waals surface area contributed by atoms with Gasteiger partial charge < -0.3 is 0 Å². The number of anilines is 1. The van der Waals surface area contributed by atoms with Crippen LogP contribution in [0.3, 0.4) is 0 Å². The van der Waals surface area contributed by atoms with E-state index in [9.17, 15) is 22.0 Å². The maximum absolute atomic E-state index is 14.2. The molecule has 5 nitrogen and oxygen atoms in total. The average molecular weight is 487 g/mol. The number of thiazole rings is 1. The maximum Gasteiger partial charge on any atom is 0.233 e. The molecule has 0 atom stereocenters. The minimum Gasteiger partial charge on any atom is -0.283 e. The van der Waals surface area contributed by atoms with Crippen molar-refractivity contribution in [1.29, 1.82) is 0 Å². The van der Waals surface area contributed by atoms with Crippen LogP contribution in [0.4, 0.5) is 13.9 Å². The van der Waals surface area contributed by atoms with Crippen LogP contribution < -0.4 is 4.90 Å². The van der Waals surface area contributed by atoms with E-state index in [1.54, 1.807) is 19.1 Å². The van der Waals surface area contributed by atoms with E-state index in [-0.39, 0.29) is 40.2 Å². The molecule has 1 amide bonds. The molecule has 4 aromatic rings. The highest BCUT2D eigenvalue weighted by molar-refractivity contribution is 7.91. The highest BCUT2D eigenvalue weighted by Crippen LogP contribution is 2.32. The van der Waals surface area contributed by atoms with Gasteiger partial charge in [0.25, 0.3) is 0 Å². The molecule has 0 saturated heterocycles. The summed E-state index contributed by atoms with van der Waals surface area (Å²) >= 11 is 1.04. The molecule has 170 valence electrons. The number of nitrogens with zero attached hydrogens (tertiary/aromatic N) is 2. The fourth-order valence-corrected chi connectivity index (χ4v) is 5.25. The van der Waals surface area contributed by atoms with Crippen LogP contribution in [0, 0.1) is 11.6 Å². The van der Waals surface area contributed by atoms with Crippen molar-refractivity contribution in [2.45, 2.75) is 24.8 Å². The second kappa shape index (κ2) is 9.36. The number of hydrogen-bond acceptors (Lipinski definition) is 5. The summed E-state index contributed by atoms with van der Waals surface area (Å²) < 4.78 is 52.2. The first-order chi connectivity index (χ1) is 15.8. The van der Waals surface area contributed by atoms with E-state index < -0.39 is 21.5 Å². The summed E-state index contributed by atoms with van der Waals surface area (Å²) in [6.45, 7) is 1.77. The molecule has 1 aromatic heterocycles. The van der Waals surface area contributed by atoms with E-state index in [1.807, 2.05) is 30.3 Å². The number of halogens is 2. The van der Waals surface area contributed by atoms with E-state index >= 15 is 0 Å². The van der Waals surface area contributed by atoms with Crippen molar-refractivity contribution in [3.05, 3.63) is 89.5 Å². The first kappa shape index (κ1) is 23.0. The van der Waals surface area contributed by atoms with Gasteiger partial charge in [-0.15, -0.1) is 0 Å². The lowest BCUT2D eigenvalue weighted by atomic mass is 10.1. The van der Waals surface area contributed by atoms with E-state index in [1.165, 1.54) is 23.1 Å². The van der Waals surface area contributed by atoms with Gasteiger partial charge in [0.1, 0.15) is 11.3 Å². The van der Waals surface area contributed by atoms with Crippen molar-refractivity contribution in [3.63, 3.8) is 0 Å². The Hall–Kier alpha value is -3.17. The molecule has 0 aliphatic heterocycles. The zero-order valence-corrected chi connectivity index (χ0v) is 19.3. The molecule has 33 heavy (non-hydrogen) atoms. The second-order valence-electron chi connectivity index (χ2n) is 7.42. The molecule has 0 bridgehead atoms. The monoisotopic (exact) mass is 486 g/mol. The lowest BCUT2D eigenvalue weighted by molar-refractivity contribution is -0.118. The van der Waals surface area contributed by atoms with Crippen LogP contribution in [0.5, 0.6) is 0 Å². The van der Waals surface area contributed by atoms with Gasteiger partial charge in [-0.05, 0) is 29.3 Å². The molecule has 0 saturated carbocycles. The maximum atomic E-state index is 14.2. The fourth-order valence-electron chi connectivity index (χ4n) is 3.34. The minimum atomic E-state index is -3.34. The van der Waals surface area contributed by atoms with Gasteiger partial charge in [0, 0.05) is 6.07 Å². The lowest BCUT2D eigenvalue weighted by Gasteiger charge is -2.20. The van der Waals surface area contributed by atoms with E-state index in [2.05, 4.69) is 4.98 Å². The zero-order chi connectivity index (χ0) is 23.6. The van der Waals surface area contributed by atoms with Gasteiger partial charge in [-0.25, -0.2) is 22.2 Å².